The fraction of sp³-hybridized carbons (Fsp3) is 0.409. The molecule has 3 rings (SSSR count). The van der Waals surface area contributed by atoms with Crippen LogP contribution in [-0.2, 0) is 34.1 Å². The largest absolute Gasteiger partial charge is 0.355 e. The van der Waals surface area contributed by atoms with Gasteiger partial charge in [0.05, 0.1) is 16.2 Å². The second kappa shape index (κ2) is 10.8. The van der Waals surface area contributed by atoms with Crippen LogP contribution in [0.25, 0.3) is 0 Å². The SMILES string of the molecule is N#Cc1cc2c(nc1SCC(=O)NCCc1ccc(S(N)(=O)=O)cc1)CCCCCC2. The summed E-state index contributed by atoms with van der Waals surface area (Å²) in [6.45, 7) is 0.427. The highest BCUT2D eigenvalue weighted by atomic mass is 32.2. The Morgan fingerprint density at radius 3 is 2.55 bits per heavy atom. The quantitative estimate of drug-likeness (QED) is 0.615. The van der Waals surface area contributed by atoms with Crippen molar-refractivity contribution >= 4 is 27.7 Å². The van der Waals surface area contributed by atoms with Crippen molar-refractivity contribution in [3.8, 4) is 6.07 Å². The number of hydrogen-bond acceptors (Lipinski definition) is 6. The molecule has 0 fully saturated rings. The summed E-state index contributed by atoms with van der Waals surface area (Å²) in [5, 5.41) is 18.1. The number of rotatable bonds is 7. The van der Waals surface area contributed by atoms with Crippen molar-refractivity contribution in [3.05, 3.63) is 52.7 Å². The van der Waals surface area contributed by atoms with E-state index in [-0.39, 0.29) is 16.6 Å². The highest BCUT2D eigenvalue weighted by Gasteiger charge is 2.15. The molecule has 0 radical (unpaired) electrons. The molecule has 0 spiro atoms. The Kier molecular flexibility index (Phi) is 8.07. The van der Waals surface area contributed by atoms with E-state index in [0.717, 1.165) is 36.9 Å². The molecule has 1 aromatic heterocycles. The normalized spacial score (nSPS) is 14.1. The number of nitrogens with one attached hydrogen (secondary N) is 1. The number of nitrogens with zero attached hydrogens (tertiary/aromatic N) is 2. The van der Waals surface area contributed by atoms with Gasteiger partial charge in [0.25, 0.3) is 0 Å². The number of carbonyl (C=O) groups is 1. The lowest BCUT2D eigenvalue weighted by Crippen LogP contribution is -2.27. The Labute approximate surface area is 187 Å². The number of carbonyl (C=O) groups excluding carboxylic acids is 1. The first-order chi connectivity index (χ1) is 14.9. The monoisotopic (exact) mass is 458 g/mol. The molecule has 31 heavy (non-hydrogen) atoms. The van der Waals surface area contributed by atoms with Gasteiger partial charge in [0.15, 0.2) is 0 Å². The van der Waals surface area contributed by atoms with E-state index in [1.54, 1.807) is 12.1 Å². The van der Waals surface area contributed by atoms with Gasteiger partial charge < -0.3 is 5.32 Å². The van der Waals surface area contributed by atoms with E-state index in [9.17, 15) is 18.5 Å². The first-order valence-electron chi connectivity index (χ1n) is 10.3. The molecule has 0 bridgehead atoms. The molecule has 7 nitrogen and oxygen atoms in total. The Morgan fingerprint density at radius 1 is 1.16 bits per heavy atom. The van der Waals surface area contributed by atoms with Gasteiger partial charge in [-0.05, 0) is 61.4 Å². The van der Waals surface area contributed by atoms with E-state index in [4.69, 9.17) is 10.1 Å². The third kappa shape index (κ3) is 6.79. The lowest BCUT2D eigenvalue weighted by atomic mass is 9.96. The number of nitriles is 1. The van der Waals surface area contributed by atoms with Gasteiger partial charge in [-0.2, -0.15) is 5.26 Å². The van der Waals surface area contributed by atoms with Crippen molar-refractivity contribution in [2.75, 3.05) is 12.3 Å². The van der Waals surface area contributed by atoms with Gasteiger partial charge in [-0.25, -0.2) is 18.5 Å². The van der Waals surface area contributed by atoms with Crippen molar-refractivity contribution in [3.63, 3.8) is 0 Å². The molecule has 1 aliphatic carbocycles. The van der Waals surface area contributed by atoms with Crippen LogP contribution < -0.4 is 10.5 Å². The molecule has 0 unspecified atom stereocenters. The summed E-state index contributed by atoms with van der Waals surface area (Å²) in [6, 6.07) is 10.4. The van der Waals surface area contributed by atoms with Crippen LogP contribution >= 0.6 is 11.8 Å². The number of pyridine rings is 1. The summed E-state index contributed by atoms with van der Waals surface area (Å²) in [6.07, 6.45) is 7.10. The second-order valence-corrected chi connectivity index (χ2v) is 10.1. The van der Waals surface area contributed by atoms with E-state index >= 15 is 0 Å². The number of fused-ring (bicyclic) bond motifs is 1. The molecule has 0 atom stereocenters. The fourth-order valence-corrected chi connectivity index (χ4v) is 4.86. The van der Waals surface area contributed by atoms with Crippen LogP contribution in [0.15, 0.2) is 40.3 Å². The average Bonchev–Trinajstić information content (AvgIpc) is 2.72. The first-order valence-corrected chi connectivity index (χ1v) is 12.8. The van der Waals surface area contributed by atoms with Crippen LogP contribution in [0.1, 0.15) is 48.1 Å². The van der Waals surface area contributed by atoms with Crippen LogP contribution in [0.5, 0.6) is 0 Å². The smallest absolute Gasteiger partial charge is 0.238 e. The van der Waals surface area contributed by atoms with Crippen LogP contribution in [0, 0.1) is 11.3 Å². The van der Waals surface area contributed by atoms with E-state index in [1.807, 2.05) is 6.07 Å². The van der Waals surface area contributed by atoms with Gasteiger partial charge in [-0.3, -0.25) is 4.79 Å². The number of hydrogen-bond donors (Lipinski definition) is 2. The average molecular weight is 459 g/mol. The van der Waals surface area contributed by atoms with Gasteiger partial charge in [-0.1, -0.05) is 36.7 Å². The van der Waals surface area contributed by atoms with Crippen LogP contribution in [0.3, 0.4) is 0 Å². The molecule has 9 heteroatoms. The Balaban J connectivity index is 1.52. The van der Waals surface area contributed by atoms with E-state index in [2.05, 4.69) is 11.4 Å². The number of aryl methyl sites for hydroxylation is 2. The summed E-state index contributed by atoms with van der Waals surface area (Å²) in [7, 11) is -3.70. The molecular formula is C22H26N4O3S2. The number of thioether (sulfide) groups is 1. The van der Waals surface area contributed by atoms with E-state index in [1.165, 1.54) is 42.3 Å². The second-order valence-electron chi connectivity index (χ2n) is 7.55. The number of primary sulfonamides is 1. The van der Waals surface area contributed by atoms with E-state index in [0.29, 0.717) is 23.6 Å². The number of nitrogens with two attached hydrogens (primary N) is 1. The number of aromatic nitrogens is 1. The minimum absolute atomic E-state index is 0.0638. The predicted molar refractivity (Wildman–Crippen MR) is 120 cm³/mol. The zero-order chi connectivity index (χ0) is 22.3. The van der Waals surface area contributed by atoms with Gasteiger partial charge in [0.2, 0.25) is 15.9 Å². The number of amides is 1. The third-order valence-corrected chi connectivity index (χ3v) is 7.13. The highest BCUT2D eigenvalue weighted by molar-refractivity contribution is 8.00. The van der Waals surface area contributed by atoms with Crippen molar-refractivity contribution in [1.29, 1.82) is 5.26 Å². The molecule has 164 valence electrons. The highest BCUT2D eigenvalue weighted by Crippen LogP contribution is 2.26. The molecule has 1 heterocycles. The molecule has 1 aliphatic rings. The number of benzene rings is 1. The molecule has 0 saturated carbocycles. The van der Waals surface area contributed by atoms with Gasteiger partial charge in [0.1, 0.15) is 11.1 Å². The van der Waals surface area contributed by atoms with Gasteiger partial charge in [0, 0.05) is 12.2 Å². The van der Waals surface area contributed by atoms with Crippen molar-refractivity contribution in [1.82, 2.24) is 10.3 Å². The van der Waals surface area contributed by atoms with Gasteiger partial charge >= 0.3 is 0 Å². The van der Waals surface area contributed by atoms with E-state index < -0.39 is 10.0 Å². The molecule has 3 N–H and O–H groups in total. The summed E-state index contributed by atoms with van der Waals surface area (Å²) in [5.41, 5.74) is 3.66. The topological polar surface area (TPSA) is 126 Å². The lowest BCUT2D eigenvalue weighted by Gasteiger charge is -2.15. The van der Waals surface area contributed by atoms with Crippen LogP contribution in [-0.4, -0.2) is 31.6 Å². The maximum Gasteiger partial charge on any atom is 0.238 e. The molecule has 1 aromatic carbocycles. The molecule has 2 aromatic rings. The summed E-state index contributed by atoms with van der Waals surface area (Å²) in [4.78, 5) is 17.0. The first kappa shape index (κ1) is 23.3. The lowest BCUT2D eigenvalue weighted by molar-refractivity contribution is -0.118. The summed E-state index contributed by atoms with van der Waals surface area (Å²) < 4.78 is 22.6. The number of sulfonamides is 1. The minimum atomic E-state index is -3.70. The Morgan fingerprint density at radius 2 is 1.87 bits per heavy atom. The van der Waals surface area contributed by atoms with Crippen molar-refractivity contribution < 1.29 is 13.2 Å². The Hall–Kier alpha value is -2.41. The minimum Gasteiger partial charge on any atom is -0.355 e. The zero-order valence-corrected chi connectivity index (χ0v) is 18.9. The van der Waals surface area contributed by atoms with Crippen molar-refractivity contribution in [2.45, 2.75) is 54.9 Å². The summed E-state index contributed by atoms with van der Waals surface area (Å²) >= 11 is 1.29. The fourth-order valence-electron chi connectivity index (χ4n) is 3.54. The van der Waals surface area contributed by atoms with Gasteiger partial charge in [-0.15, -0.1) is 0 Å². The summed E-state index contributed by atoms with van der Waals surface area (Å²) in [5.74, 6) is 0.0498. The molecular weight excluding hydrogens is 432 g/mol. The van der Waals surface area contributed by atoms with Crippen molar-refractivity contribution in [2.24, 2.45) is 5.14 Å². The molecule has 1 amide bonds. The maximum absolute atomic E-state index is 12.2. The third-order valence-electron chi connectivity index (χ3n) is 5.21. The maximum atomic E-state index is 12.2. The standard InChI is InChI=1S/C22H26N4O3S2/c23-14-18-13-17-5-3-1-2-4-6-20(17)26-22(18)30-15-21(27)25-12-11-16-7-9-19(10-8-16)31(24,28)29/h7-10,13H,1-6,11-12,15H2,(H,25,27)(H2,24,28,29). The Bertz CT molecular complexity index is 1080. The zero-order valence-electron chi connectivity index (χ0n) is 17.3. The van der Waals surface area contributed by atoms with Crippen LogP contribution in [0.2, 0.25) is 0 Å². The molecule has 0 aliphatic heterocycles. The predicted octanol–water partition coefficient (Wildman–Crippen LogP) is 2.71. The molecule has 0 saturated heterocycles. The van der Waals surface area contributed by atoms with Crippen LogP contribution in [0.4, 0.5) is 0 Å².